The third-order valence-corrected chi connectivity index (χ3v) is 5.79. The summed E-state index contributed by atoms with van der Waals surface area (Å²) in [4.78, 5) is 16.1. The first-order chi connectivity index (χ1) is 15.4. The van der Waals surface area contributed by atoms with Crippen LogP contribution in [0.15, 0.2) is 28.8 Å². The minimum atomic E-state index is -4.43. The summed E-state index contributed by atoms with van der Waals surface area (Å²) in [5, 5.41) is 13.8. The molecule has 1 aliphatic carbocycles. The summed E-state index contributed by atoms with van der Waals surface area (Å²) in [6.45, 7) is 1.46. The van der Waals surface area contributed by atoms with E-state index in [2.05, 4.69) is 26.1 Å². The van der Waals surface area contributed by atoms with E-state index >= 15 is 0 Å². The van der Waals surface area contributed by atoms with Crippen LogP contribution < -0.4 is 16.0 Å². The number of aromatic nitrogens is 3. The number of anilines is 1. The molecule has 0 unspecified atom stereocenters. The van der Waals surface area contributed by atoms with Gasteiger partial charge in [-0.3, -0.25) is 4.79 Å². The van der Waals surface area contributed by atoms with E-state index in [9.17, 15) is 18.0 Å². The Morgan fingerprint density at radius 3 is 2.78 bits per heavy atom. The summed E-state index contributed by atoms with van der Waals surface area (Å²) < 4.78 is 46.6. The van der Waals surface area contributed by atoms with Crippen molar-refractivity contribution in [1.82, 2.24) is 25.3 Å². The van der Waals surface area contributed by atoms with Crippen LogP contribution in [-0.2, 0) is 17.9 Å². The van der Waals surface area contributed by atoms with Crippen LogP contribution in [0.25, 0.3) is 22.5 Å². The molecular formula is C21H23F3N6O2. The second-order valence-electron chi connectivity index (χ2n) is 8.38. The molecule has 1 amide bonds. The van der Waals surface area contributed by atoms with E-state index in [0.717, 1.165) is 42.7 Å². The monoisotopic (exact) mass is 448 g/mol. The third-order valence-electron chi connectivity index (χ3n) is 5.79. The fraction of sp³-hybridized carbons (Fsp3) is 0.476. The van der Waals surface area contributed by atoms with Crippen LogP contribution in [0.1, 0.15) is 18.7 Å². The summed E-state index contributed by atoms with van der Waals surface area (Å²) in [6.07, 6.45) is -2.69. The van der Waals surface area contributed by atoms with Crippen molar-refractivity contribution >= 4 is 22.5 Å². The first-order valence-corrected chi connectivity index (χ1v) is 10.6. The molecule has 8 nitrogen and oxygen atoms in total. The topological polar surface area (TPSA) is 97.0 Å². The third kappa shape index (κ3) is 4.43. The maximum atomic E-state index is 13.4. The Balaban J connectivity index is 1.45. The van der Waals surface area contributed by atoms with Crippen molar-refractivity contribution in [3.63, 3.8) is 0 Å². The fourth-order valence-electron chi connectivity index (χ4n) is 3.80. The highest BCUT2D eigenvalue weighted by Crippen LogP contribution is 2.34. The second kappa shape index (κ2) is 8.12. The minimum absolute atomic E-state index is 0.0183. The van der Waals surface area contributed by atoms with Crippen LogP contribution in [0.5, 0.6) is 0 Å². The average Bonchev–Trinajstić information content (AvgIpc) is 3.36. The lowest BCUT2D eigenvalue weighted by Crippen LogP contribution is -2.45. The molecule has 3 N–H and O–H groups in total. The molecule has 0 bridgehead atoms. The standard InChI is InChI=1S/C21H23F3N6O2/c22-21(23,24)11-30-16-3-1-2-15(26-9-12-7-25-8-12)14(16)6-17(30)20-28-18(29-32-20)10-27-19(31)13-4-5-13/h1-3,6,12-13,25-26H,4-5,7-11H2,(H,27,31). The van der Waals surface area contributed by atoms with E-state index in [1.54, 1.807) is 18.2 Å². The molecule has 3 aromatic rings. The van der Waals surface area contributed by atoms with Gasteiger partial charge >= 0.3 is 6.18 Å². The zero-order valence-corrected chi connectivity index (χ0v) is 17.2. The number of benzene rings is 1. The van der Waals surface area contributed by atoms with E-state index in [-0.39, 0.29) is 35.8 Å². The van der Waals surface area contributed by atoms with Crippen molar-refractivity contribution in [2.75, 3.05) is 25.0 Å². The van der Waals surface area contributed by atoms with Gasteiger partial charge in [-0.2, -0.15) is 18.2 Å². The van der Waals surface area contributed by atoms with Gasteiger partial charge in [0, 0.05) is 42.5 Å². The number of hydrogen-bond donors (Lipinski definition) is 3. The molecule has 1 aliphatic heterocycles. The molecule has 1 saturated heterocycles. The van der Waals surface area contributed by atoms with Gasteiger partial charge in [0.05, 0.1) is 12.1 Å². The number of nitrogens with one attached hydrogen (secondary N) is 3. The van der Waals surface area contributed by atoms with E-state index < -0.39 is 12.7 Å². The SMILES string of the molecule is O=C(NCc1noc(-c2cc3c(NCC4CNC4)cccc3n2CC(F)(F)F)n1)C1CC1. The van der Waals surface area contributed by atoms with Crippen LogP contribution in [0.3, 0.4) is 0 Å². The number of amides is 1. The summed E-state index contributed by atoms with van der Waals surface area (Å²) in [7, 11) is 0. The van der Waals surface area contributed by atoms with Crippen molar-refractivity contribution in [2.24, 2.45) is 11.8 Å². The van der Waals surface area contributed by atoms with Gasteiger partial charge in [0.25, 0.3) is 5.89 Å². The van der Waals surface area contributed by atoms with Crippen molar-refractivity contribution in [2.45, 2.75) is 32.1 Å². The zero-order chi connectivity index (χ0) is 22.3. The van der Waals surface area contributed by atoms with Gasteiger partial charge in [0.1, 0.15) is 12.2 Å². The first kappa shape index (κ1) is 20.8. The number of fused-ring (bicyclic) bond motifs is 1. The van der Waals surface area contributed by atoms with Gasteiger partial charge in [-0.25, -0.2) is 0 Å². The molecule has 2 fully saturated rings. The van der Waals surface area contributed by atoms with Crippen molar-refractivity contribution < 1.29 is 22.5 Å². The highest BCUT2D eigenvalue weighted by molar-refractivity contribution is 5.96. The van der Waals surface area contributed by atoms with Crippen molar-refractivity contribution in [1.29, 1.82) is 0 Å². The number of halogens is 3. The molecule has 2 aliphatic rings. The lowest BCUT2D eigenvalue weighted by molar-refractivity contribution is -0.139. The Morgan fingerprint density at radius 1 is 1.28 bits per heavy atom. The smallest absolute Gasteiger partial charge is 0.384 e. The van der Waals surface area contributed by atoms with E-state index in [0.29, 0.717) is 16.8 Å². The summed E-state index contributed by atoms with van der Waals surface area (Å²) in [6, 6.07) is 6.87. The van der Waals surface area contributed by atoms with Crippen LogP contribution >= 0.6 is 0 Å². The highest BCUT2D eigenvalue weighted by Gasteiger charge is 2.32. The molecule has 5 rings (SSSR count). The number of rotatable bonds is 8. The fourth-order valence-corrected chi connectivity index (χ4v) is 3.80. The molecule has 0 atom stereocenters. The Kier molecular flexibility index (Phi) is 5.28. The molecule has 0 radical (unpaired) electrons. The molecule has 2 aromatic heterocycles. The molecular weight excluding hydrogens is 425 g/mol. The number of carbonyl (C=O) groups is 1. The second-order valence-corrected chi connectivity index (χ2v) is 8.38. The Hall–Kier alpha value is -3.08. The van der Waals surface area contributed by atoms with E-state index in [1.165, 1.54) is 0 Å². The van der Waals surface area contributed by atoms with Gasteiger partial charge in [0.2, 0.25) is 5.91 Å². The van der Waals surface area contributed by atoms with Gasteiger partial charge in [-0.1, -0.05) is 11.2 Å². The maximum absolute atomic E-state index is 13.4. The van der Waals surface area contributed by atoms with Gasteiger partial charge in [-0.05, 0) is 31.0 Å². The highest BCUT2D eigenvalue weighted by atomic mass is 19.4. The predicted octanol–water partition coefficient (Wildman–Crippen LogP) is 2.91. The number of nitrogens with zero attached hydrogens (tertiary/aromatic N) is 3. The van der Waals surface area contributed by atoms with Crippen molar-refractivity contribution in [3.8, 4) is 11.6 Å². The first-order valence-electron chi connectivity index (χ1n) is 10.6. The minimum Gasteiger partial charge on any atom is -0.384 e. The summed E-state index contributed by atoms with van der Waals surface area (Å²) >= 11 is 0. The van der Waals surface area contributed by atoms with Crippen LogP contribution in [-0.4, -0.2) is 46.4 Å². The van der Waals surface area contributed by atoms with Gasteiger partial charge < -0.3 is 25.0 Å². The van der Waals surface area contributed by atoms with Crippen LogP contribution in [0.4, 0.5) is 18.9 Å². The molecule has 11 heteroatoms. The van der Waals surface area contributed by atoms with Crippen LogP contribution in [0.2, 0.25) is 0 Å². The molecule has 1 saturated carbocycles. The Labute approximate surface area is 181 Å². The largest absolute Gasteiger partial charge is 0.406 e. The zero-order valence-electron chi connectivity index (χ0n) is 17.2. The average molecular weight is 448 g/mol. The summed E-state index contributed by atoms with van der Waals surface area (Å²) in [5.41, 5.74) is 1.37. The lowest BCUT2D eigenvalue weighted by Gasteiger charge is -2.27. The molecule has 0 spiro atoms. The maximum Gasteiger partial charge on any atom is 0.406 e. The van der Waals surface area contributed by atoms with E-state index in [1.807, 2.05) is 6.07 Å². The quantitative estimate of drug-likeness (QED) is 0.490. The summed E-state index contributed by atoms with van der Waals surface area (Å²) in [5.74, 6) is 0.660. The molecule has 32 heavy (non-hydrogen) atoms. The lowest BCUT2D eigenvalue weighted by atomic mass is 10.0. The predicted molar refractivity (Wildman–Crippen MR) is 111 cm³/mol. The van der Waals surface area contributed by atoms with Gasteiger partial charge in [-0.15, -0.1) is 0 Å². The van der Waals surface area contributed by atoms with Crippen LogP contribution in [0, 0.1) is 11.8 Å². The number of carbonyl (C=O) groups excluding carboxylic acids is 1. The molecule has 3 heterocycles. The van der Waals surface area contributed by atoms with Crippen molar-refractivity contribution in [3.05, 3.63) is 30.1 Å². The Morgan fingerprint density at radius 2 is 2.09 bits per heavy atom. The van der Waals surface area contributed by atoms with E-state index in [4.69, 9.17) is 4.52 Å². The molecule has 170 valence electrons. The van der Waals surface area contributed by atoms with Gasteiger partial charge in [0.15, 0.2) is 5.82 Å². The Bertz CT molecular complexity index is 1130. The molecule has 1 aromatic carbocycles. The normalized spacial score (nSPS) is 16.8. The number of hydrogen-bond acceptors (Lipinski definition) is 6. The number of alkyl halides is 3.